The number of aromatic nitrogens is 1. The molecule has 0 aromatic carbocycles. The number of aliphatic hydroxyl groups excluding tert-OH is 1. The molecule has 0 radical (unpaired) electrons. The molecular formula is C10H13N3O4. The number of nitrogens with zero attached hydrogens (tertiary/aromatic N) is 1. The molecule has 92 valence electrons. The highest BCUT2D eigenvalue weighted by Gasteiger charge is 2.13. The van der Waals surface area contributed by atoms with Gasteiger partial charge in [-0.05, 0) is 6.07 Å². The van der Waals surface area contributed by atoms with Crippen LogP contribution in [0.5, 0.6) is 0 Å². The molecule has 0 saturated heterocycles. The summed E-state index contributed by atoms with van der Waals surface area (Å²) in [6.45, 7) is -0.288. The highest BCUT2D eigenvalue weighted by atomic mass is 16.3. The van der Waals surface area contributed by atoms with E-state index in [-0.39, 0.29) is 17.7 Å². The van der Waals surface area contributed by atoms with E-state index in [1.54, 1.807) is 7.05 Å². The molecule has 1 atom stereocenters. The van der Waals surface area contributed by atoms with Gasteiger partial charge in [-0.25, -0.2) is 0 Å². The molecule has 1 heterocycles. The van der Waals surface area contributed by atoms with E-state index in [1.807, 2.05) is 0 Å². The zero-order chi connectivity index (χ0) is 13.0. The average molecular weight is 239 g/mol. The lowest BCUT2D eigenvalue weighted by Gasteiger charge is -2.08. The summed E-state index contributed by atoms with van der Waals surface area (Å²) in [6.07, 6.45) is 0.00683. The summed E-state index contributed by atoms with van der Waals surface area (Å²) in [6, 6.07) is 2.61. The van der Waals surface area contributed by atoms with Gasteiger partial charge in [0.2, 0.25) is 5.91 Å². The number of aliphatic hydroxyl groups is 1. The number of aryl methyl sites for hydroxylation is 1. The third-order valence-electron chi connectivity index (χ3n) is 2.15. The average Bonchev–Trinajstić information content (AvgIpc) is 2.28. The van der Waals surface area contributed by atoms with Crippen LogP contribution in [0.4, 0.5) is 0 Å². The smallest absolute Gasteiger partial charge is 0.251 e. The first kappa shape index (κ1) is 12.9. The Kier molecular flexibility index (Phi) is 4.00. The molecular weight excluding hydrogens is 226 g/mol. The lowest BCUT2D eigenvalue weighted by atomic mass is 10.2. The summed E-state index contributed by atoms with van der Waals surface area (Å²) in [4.78, 5) is 33.3. The van der Waals surface area contributed by atoms with E-state index in [1.165, 1.54) is 16.8 Å². The minimum absolute atomic E-state index is 0.157. The number of rotatable bonds is 4. The van der Waals surface area contributed by atoms with E-state index in [0.717, 1.165) is 6.07 Å². The van der Waals surface area contributed by atoms with Gasteiger partial charge in [0.25, 0.3) is 11.5 Å². The van der Waals surface area contributed by atoms with Crippen molar-refractivity contribution in [2.45, 2.75) is 6.10 Å². The Morgan fingerprint density at radius 3 is 2.76 bits per heavy atom. The topological polar surface area (TPSA) is 114 Å². The van der Waals surface area contributed by atoms with E-state index in [0.29, 0.717) is 0 Å². The molecule has 0 aliphatic heterocycles. The van der Waals surface area contributed by atoms with Crippen molar-refractivity contribution in [3.8, 4) is 0 Å². The van der Waals surface area contributed by atoms with Crippen molar-refractivity contribution in [3.63, 3.8) is 0 Å². The third-order valence-corrected chi connectivity index (χ3v) is 2.15. The molecule has 17 heavy (non-hydrogen) atoms. The molecule has 1 rings (SSSR count). The van der Waals surface area contributed by atoms with E-state index >= 15 is 0 Å². The second-order valence-electron chi connectivity index (χ2n) is 3.49. The Bertz CT molecular complexity index is 495. The van der Waals surface area contributed by atoms with Crippen molar-refractivity contribution in [1.29, 1.82) is 0 Å². The van der Waals surface area contributed by atoms with Gasteiger partial charge >= 0.3 is 0 Å². The number of primary amides is 1. The Labute approximate surface area is 96.9 Å². The van der Waals surface area contributed by atoms with Gasteiger partial charge in [0.1, 0.15) is 6.10 Å². The lowest BCUT2D eigenvalue weighted by molar-refractivity contribution is -0.125. The maximum atomic E-state index is 11.5. The molecule has 4 N–H and O–H groups in total. The van der Waals surface area contributed by atoms with Gasteiger partial charge in [0.05, 0.1) is 6.54 Å². The van der Waals surface area contributed by atoms with E-state index in [4.69, 9.17) is 10.8 Å². The number of nitrogens with two attached hydrogens (primary N) is 1. The molecule has 7 heteroatoms. The molecule has 1 aromatic heterocycles. The highest BCUT2D eigenvalue weighted by Crippen LogP contribution is 1.94. The van der Waals surface area contributed by atoms with Gasteiger partial charge in [-0.1, -0.05) is 0 Å². The minimum atomic E-state index is -1.44. The Morgan fingerprint density at radius 1 is 1.59 bits per heavy atom. The van der Waals surface area contributed by atoms with E-state index in [2.05, 4.69) is 5.32 Å². The SMILES string of the molecule is Cn1ccc(C(=O)NCC(O)C(N)=O)cc1=O. The fourth-order valence-electron chi connectivity index (χ4n) is 1.08. The summed E-state index contributed by atoms with van der Waals surface area (Å²) in [5.74, 6) is -1.47. The second-order valence-corrected chi connectivity index (χ2v) is 3.49. The number of carbonyl (C=O) groups is 2. The van der Waals surface area contributed by atoms with Gasteiger partial charge < -0.3 is 20.7 Å². The zero-order valence-electron chi connectivity index (χ0n) is 9.21. The molecule has 7 nitrogen and oxygen atoms in total. The Hall–Kier alpha value is -2.15. The van der Waals surface area contributed by atoms with Crippen LogP contribution in [-0.2, 0) is 11.8 Å². The normalized spacial score (nSPS) is 11.9. The number of hydrogen-bond acceptors (Lipinski definition) is 4. The van der Waals surface area contributed by atoms with Gasteiger partial charge in [-0.3, -0.25) is 14.4 Å². The predicted octanol–water partition coefficient (Wildman–Crippen LogP) is -2.04. The van der Waals surface area contributed by atoms with Crippen LogP contribution in [0.1, 0.15) is 10.4 Å². The van der Waals surface area contributed by atoms with Crippen LogP contribution in [0.3, 0.4) is 0 Å². The first-order valence-corrected chi connectivity index (χ1v) is 4.84. The molecule has 0 spiro atoms. The predicted molar refractivity (Wildman–Crippen MR) is 59.2 cm³/mol. The van der Waals surface area contributed by atoms with Crippen LogP contribution in [0, 0.1) is 0 Å². The molecule has 2 amide bonds. The van der Waals surface area contributed by atoms with Crippen LogP contribution in [0.15, 0.2) is 23.1 Å². The fraction of sp³-hybridized carbons (Fsp3) is 0.300. The Morgan fingerprint density at radius 2 is 2.24 bits per heavy atom. The van der Waals surface area contributed by atoms with Crippen LogP contribution in [-0.4, -0.2) is 34.1 Å². The fourth-order valence-corrected chi connectivity index (χ4v) is 1.08. The van der Waals surface area contributed by atoms with Crippen LogP contribution in [0.2, 0.25) is 0 Å². The lowest BCUT2D eigenvalue weighted by Crippen LogP contribution is -2.40. The number of nitrogens with one attached hydrogen (secondary N) is 1. The summed E-state index contributed by atoms with van der Waals surface area (Å²) in [5, 5.41) is 11.4. The number of hydrogen-bond donors (Lipinski definition) is 3. The molecule has 0 aliphatic rings. The van der Waals surface area contributed by atoms with Crippen molar-refractivity contribution in [1.82, 2.24) is 9.88 Å². The molecule has 1 unspecified atom stereocenters. The van der Waals surface area contributed by atoms with Crippen molar-refractivity contribution < 1.29 is 14.7 Å². The van der Waals surface area contributed by atoms with Crippen LogP contribution >= 0.6 is 0 Å². The third kappa shape index (κ3) is 3.42. The van der Waals surface area contributed by atoms with E-state index < -0.39 is 17.9 Å². The maximum Gasteiger partial charge on any atom is 0.251 e. The highest BCUT2D eigenvalue weighted by molar-refractivity contribution is 5.94. The molecule has 0 aliphatic carbocycles. The standard InChI is InChI=1S/C10H13N3O4/c1-13-3-2-6(4-8(13)15)10(17)12-5-7(14)9(11)16/h2-4,7,14H,5H2,1H3,(H2,11,16)(H,12,17). The van der Waals surface area contributed by atoms with Crippen LogP contribution in [0.25, 0.3) is 0 Å². The van der Waals surface area contributed by atoms with Gasteiger partial charge in [0, 0.05) is 24.9 Å². The maximum absolute atomic E-state index is 11.5. The van der Waals surface area contributed by atoms with Gasteiger partial charge in [-0.15, -0.1) is 0 Å². The minimum Gasteiger partial charge on any atom is -0.381 e. The first-order chi connectivity index (χ1) is 7.91. The molecule has 1 aromatic rings. The summed E-state index contributed by atoms with van der Waals surface area (Å²) in [7, 11) is 1.56. The summed E-state index contributed by atoms with van der Waals surface area (Å²) >= 11 is 0. The zero-order valence-corrected chi connectivity index (χ0v) is 9.21. The van der Waals surface area contributed by atoms with Crippen molar-refractivity contribution in [2.24, 2.45) is 12.8 Å². The van der Waals surface area contributed by atoms with E-state index in [9.17, 15) is 14.4 Å². The second kappa shape index (κ2) is 5.26. The molecule has 0 saturated carbocycles. The number of amides is 2. The number of pyridine rings is 1. The van der Waals surface area contributed by atoms with Gasteiger partial charge in [-0.2, -0.15) is 0 Å². The summed E-state index contributed by atoms with van der Waals surface area (Å²) < 4.78 is 1.31. The number of carbonyl (C=O) groups excluding carboxylic acids is 2. The first-order valence-electron chi connectivity index (χ1n) is 4.84. The van der Waals surface area contributed by atoms with Crippen molar-refractivity contribution in [3.05, 3.63) is 34.2 Å². The van der Waals surface area contributed by atoms with Crippen molar-refractivity contribution >= 4 is 11.8 Å². The largest absolute Gasteiger partial charge is 0.381 e. The monoisotopic (exact) mass is 239 g/mol. The van der Waals surface area contributed by atoms with Crippen LogP contribution < -0.4 is 16.6 Å². The van der Waals surface area contributed by atoms with Gasteiger partial charge in [0.15, 0.2) is 0 Å². The Balaban J connectivity index is 2.67. The molecule has 0 bridgehead atoms. The quantitative estimate of drug-likeness (QED) is 0.561. The van der Waals surface area contributed by atoms with Crippen molar-refractivity contribution in [2.75, 3.05) is 6.54 Å². The summed E-state index contributed by atoms with van der Waals surface area (Å²) in [5.41, 5.74) is 4.64. The molecule has 0 fully saturated rings.